The van der Waals surface area contributed by atoms with Crippen molar-refractivity contribution in [1.82, 2.24) is 0 Å². The molecule has 2 aromatic carbocycles. The van der Waals surface area contributed by atoms with E-state index in [4.69, 9.17) is 9.47 Å². The molecule has 0 aliphatic carbocycles. The number of aliphatic carboxylic acids is 1. The fourth-order valence-corrected chi connectivity index (χ4v) is 2.21. The molecule has 2 N–H and O–H groups in total. The van der Waals surface area contributed by atoms with Crippen LogP contribution in [0.2, 0.25) is 0 Å². The number of methoxy groups -OCH3 is 1. The number of aromatic hydroxyl groups is 1. The van der Waals surface area contributed by atoms with E-state index in [1.54, 1.807) is 30.3 Å². The van der Waals surface area contributed by atoms with Crippen LogP contribution >= 0.6 is 0 Å². The van der Waals surface area contributed by atoms with E-state index in [-0.39, 0.29) is 11.3 Å². The number of rotatable bonds is 7. The third-order valence-electron chi connectivity index (χ3n) is 3.35. The Kier molecular flexibility index (Phi) is 5.84. The quantitative estimate of drug-likeness (QED) is 0.597. The molecule has 0 fully saturated rings. The molecule has 2 aromatic rings. The van der Waals surface area contributed by atoms with Crippen LogP contribution in [0.4, 0.5) is 0 Å². The lowest BCUT2D eigenvalue weighted by atomic mass is 10.0. The van der Waals surface area contributed by atoms with Crippen molar-refractivity contribution in [3.05, 3.63) is 53.6 Å². The summed E-state index contributed by atoms with van der Waals surface area (Å²) >= 11 is 0. The zero-order valence-corrected chi connectivity index (χ0v) is 13.7. The predicted molar refractivity (Wildman–Crippen MR) is 92.4 cm³/mol. The highest BCUT2D eigenvalue weighted by Crippen LogP contribution is 2.30. The number of phenols is 1. The fourth-order valence-electron chi connectivity index (χ4n) is 2.21. The molecule has 0 aliphatic rings. The summed E-state index contributed by atoms with van der Waals surface area (Å²) in [5.41, 5.74) is 1.17. The zero-order valence-electron chi connectivity index (χ0n) is 13.7. The number of carbonyl (C=O) groups is 1. The lowest BCUT2D eigenvalue weighted by Gasteiger charge is -2.11. The van der Waals surface area contributed by atoms with Crippen molar-refractivity contribution >= 4 is 17.6 Å². The van der Waals surface area contributed by atoms with Crippen LogP contribution < -0.4 is 9.47 Å². The van der Waals surface area contributed by atoms with Gasteiger partial charge in [-0.1, -0.05) is 25.1 Å². The Morgan fingerprint density at radius 2 is 1.96 bits per heavy atom. The average Bonchev–Trinajstić information content (AvgIpc) is 2.57. The molecule has 0 unspecified atom stereocenters. The molecule has 0 atom stereocenters. The van der Waals surface area contributed by atoms with Crippen molar-refractivity contribution in [3.8, 4) is 17.2 Å². The summed E-state index contributed by atoms with van der Waals surface area (Å²) in [7, 11) is 1.54. The molecular weight excluding hydrogens is 308 g/mol. The molecule has 0 saturated carbocycles. The largest absolute Gasteiger partial charge is 0.508 e. The first-order valence-electron chi connectivity index (χ1n) is 7.60. The average molecular weight is 328 g/mol. The Morgan fingerprint density at radius 3 is 2.58 bits per heavy atom. The van der Waals surface area contributed by atoms with E-state index >= 15 is 0 Å². The lowest BCUT2D eigenvalue weighted by molar-refractivity contribution is -0.130. The molecule has 0 saturated heterocycles. The Bertz CT molecular complexity index is 749. The maximum absolute atomic E-state index is 11.6. The number of ether oxygens (including phenoxy) is 2. The molecule has 0 heterocycles. The third kappa shape index (κ3) is 4.29. The normalized spacial score (nSPS) is 11.2. The molecule has 24 heavy (non-hydrogen) atoms. The van der Waals surface area contributed by atoms with Gasteiger partial charge in [-0.2, -0.15) is 0 Å². The highest BCUT2D eigenvalue weighted by molar-refractivity contribution is 6.20. The smallest absolute Gasteiger partial charge is 0.336 e. The zero-order chi connectivity index (χ0) is 17.5. The van der Waals surface area contributed by atoms with Gasteiger partial charge in [0.05, 0.1) is 19.3 Å². The summed E-state index contributed by atoms with van der Waals surface area (Å²) < 4.78 is 10.9. The van der Waals surface area contributed by atoms with E-state index in [0.29, 0.717) is 29.2 Å². The van der Waals surface area contributed by atoms with Gasteiger partial charge >= 0.3 is 5.97 Å². The molecule has 5 heteroatoms. The molecule has 0 aliphatic heterocycles. The van der Waals surface area contributed by atoms with E-state index in [2.05, 4.69) is 0 Å². The van der Waals surface area contributed by atoms with Crippen molar-refractivity contribution in [2.45, 2.75) is 13.3 Å². The van der Waals surface area contributed by atoms with Gasteiger partial charge in [0.2, 0.25) is 0 Å². The second-order valence-electron chi connectivity index (χ2n) is 5.17. The van der Waals surface area contributed by atoms with E-state index < -0.39 is 5.97 Å². The van der Waals surface area contributed by atoms with Crippen LogP contribution in [0.15, 0.2) is 42.5 Å². The Morgan fingerprint density at radius 1 is 1.17 bits per heavy atom. The van der Waals surface area contributed by atoms with E-state index in [1.165, 1.54) is 25.3 Å². The molecule has 0 aromatic heterocycles. The van der Waals surface area contributed by atoms with E-state index in [0.717, 1.165) is 6.42 Å². The minimum atomic E-state index is -1.08. The first-order chi connectivity index (χ1) is 11.5. The van der Waals surface area contributed by atoms with Crippen molar-refractivity contribution in [2.75, 3.05) is 13.7 Å². The Hall–Kier alpha value is -2.95. The van der Waals surface area contributed by atoms with Gasteiger partial charge in [-0.05, 0) is 47.9 Å². The summed E-state index contributed by atoms with van der Waals surface area (Å²) in [5.74, 6) is 0.0926. The van der Waals surface area contributed by atoms with Gasteiger partial charge < -0.3 is 19.7 Å². The first kappa shape index (κ1) is 17.4. The third-order valence-corrected chi connectivity index (χ3v) is 3.35. The van der Waals surface area contributed by atoms with Gasteiger partial charge in [-0.15, -0.1) is 0 Å². The fraction of sp³-hybridized carbons (Fsp3) is 0.211. The number of carboxylic acid groups (broad SMARTS) is 1. The molecule has 0 amide bonds. The standard InChI is InChI=1S/C19H20O5/c1-3-9-24-17-8-7-13(11-18(17)23-2)10-16(19(21)22)14-5-4-6-15(20)12-14/h4-8,10-12,20H,3,9H2,1-2H3,(H,21,22)/b16-10-. The Labute approximate surface area is 140 Å². The maximum Gasteiger partial charge on any atom is 0.336 e. The number of hydrogen-bond donors (Lipinski definition) is 2. The number of phenolic OH excluding ortho intramolecular Hbond substituents is 1. The first-order valence-corrected chi connectivity index (χ1v) is 7.60. The summed E-state index contributed by atoms with van der Waals surface area (Å²) in [6, 6.07) is 11.4. The molecule has 126 valence electrons. The van der Waals surface area contributed by atoms with E-state index in [1.807, 2.05) is 6.92 Å². The summed E-state index contributed by atoms with van der Waals surface area (Å²) in [6.45, 7) is 2.59. The van der Waals surface area contributed by atoms with E-state index in [9.17, 15) is 15.0 Å². The maximum atomic E-state index is 11.6. The SMILES string of the molecule is CCCOc1ccc(/C=C(\C(=O)O)c2cccc(O)c2)cc1OC. The second-order valence-corrected chi connectivity index (χ2v) is 5.17. The van der Waals surface area contributed by atoms with Crippen LogP contribution in [0.1, 0.15) is 24.5 Å². The van der Waals surface area contributed by atoms with Crippen LogP contribution in [-0.2, 0) is 4.79 Å². The second kappa shape index (κ2) is 8.06. The van der Waals surface area contributed by atoms with Gasteiger partial charge in [0.25, 0.3) is 0 Å². The van der Waals surface area contributed by atoms with Crippen LogP contribution in [0.25, 0.3) is 11.6 Å². The minimum Gasteiger partial charge on any atom is -0.508 e. The molecule has 0 spiro atoms. The summed E-state index contributed by atoms with van der Waals surface area (Å²) in [4.78, 5) is 11.6. The summed E-state index contributed by atoms with van der Waals surface area (Å²) in [5, 5.41) is 19.0. The van der Waals surface area contributed by atoms with Crippen molar-refractivity contribution < 1.29 is 24.5 Å². The van der Waals surface area contributed by atoms with Crippen molar-refractivity contribution in [2.24, 2.45) is 0 Å². The minimum absolute atomic E-state index is 0.0144. The number of carboxylic acids is 1. The molecular formula is C19H20O5. The van der Waals surface area contributed by atoms with Crippen LogP contribution in [-0.4, -0.2) is 29.9 Å². The predicted octanol–water partition coefficient (Wildman–Crippen LogP) is 3.81. The van der Waals surface area contributed by atoms with Crippen LogP contribution in [0.5, 0.6) is 17.2 Å². The topological polar surface area (TPSA) is 76.0 Å². The van der Waals surface area contributed by atoms with Crippen LogP contribution in [0, 0.1) is 0 Å². The lowest BCUT2D eigenvalue weighted by Crippen LogP contribution is -2.00. The summed E-state index contributed by atoms with van der Waals surface area (Å²) in [6.07, 6.45) is 2.41. The van der Waals surface area contributed by atoms with Crippen molar-refractivity contribution in [1.29, 1.82) is 0 Å². The van der Waals surface area contributed by atoms with Gasteiger partial charge in [0.1, 0.15) is 5.75 Å². The highest BCUT2D eigenvalue weighted by atomic mass is 16.5. The number of benzene rings is 2. The monoisotopic (exact) mass is 328 g/mol. The van der Waals surface area contributed by atoms with Crippen molar-refractivity contribution in [3.63, 3.8) is 0 Å². The molecule has 2 rings (SSSR count). The Balaban J connectivity index is 2.41. The van der Waals surface area contributed by atoms with Gasteiger partial charge in [-0.25, -0.2) is 4.79 Å². The van der Waals surface area contributed by atoms with Crippen LogP contribution in [0.3, 0.4) is 0 Å². The molecule has 0 radical (unpaired) electrons. The van der Waals surface area contributed by atoms with Gasteiger partial charge in [0.15, 0.2) is 11.5 Å². The van der Waals surface area contributed by atoms with Gasteiger partial charge in [-0.3, -0.25) is 0 Å². The highest BCUT2D eigenvalue weighted by Gasteiger charge is 2.12. The molecule has 5 nitrogen and oxygen atoms in total. The van der Waals surface area contributed by atoms with Gasteiger partial charge in [0, 0.05) is 0 Å². The number of hydrogen-bond acceptors (Lipinski definition) is 4. The molecule has 0 bridgehead atoms.